The minimum Gasteiger partial charge on any atom is -0.343 e. The summed E-state index contributed by atoms with van der Waals surface area (Å²) in [4.78, 5) is 6.74. The SMILES string of the molecule is CN(C)CS(=O)(=O)C1CCC2(CC1)Cc1ccccc1NC2=NCc1cccc(Cl)c1. The Bertz CT molecular complexity index is 1070. The fraction of sp³-hybridized carbons (Fsp3) is 0.458. The van der Waals surface area contributed by atoms with Crippen LogP contribution in [0.3, 0.4) is 0 Å². The third-order valence-electron chi connectivity index (χ3n) is 6.45. The van der Waals surface area contributed by atoms with Gasteiger partial charge in [0.2, 0.25) is 0 Å². The first-order valence-electron chi connectivity index (χ1n) is 10.8. The van der Waals surface area contributed by atoms with Gasteiger partial charge in [-0.05, 0) is 75.5 Å². The maximum atomic E-state index is 12.8. The predicted molar refractivity (Wildman–Crippen MR) is 129 cm³/mol. The van der Waals surface area contributed by atoms with Crippen LogP contribution in [-0.2, 0) is 22.8 Å². The second kappa shape index (κ2) is 8.93. The number of nitrogens with one attached hydrogen (secondary N) is 1. The summed E-state index contributed by atoms with van der Waals surface area (Å²) in [6.45, 7) is 0.551. The Morgan fingerprint density at radius 2 is 1.87 bits per heavy atom. The molecule has 0 aromatic heterocycles. The van der Waals surface area contributed by atoms with E-state index in [1.807, 2.05) is 44.4 Å². The standard InChI is InChI=1S/C24H30ClN3O2S/c1-28(2)17-31(29,30)21-10-12-24(13-11-21)15-19-7-3-4-9-22(19)27-23(24)26-16-18-6-5-8-20(25)14-18/h3-9,14,21H,10-13,15-17H2,1-2H3,(H,26,27). The van der Waals surface area contributed by atoms with Crippen molar-refractivity contribution in [1.29, 1.82) is 0 Å². The summed E-state index contributed by atoms with van der Waals surface area (Å²) in [5.41, 5.74) is 3.30. The average molecular weight is 460 g/mol. The van der Waals surface area contributed by atoms with Crippen molar-refractivity contribution >= 4 is 33.0 Å². The molecule has 1 heterocycles. The van der Waals surface area contributed by atoms with E-state index in [0.717, 1.165) is 36.3 Å². The number of benzene rings is 2. The Balaban J connectivity index is 1.60. The van der Waals surface area contributed by atoms with Gasteiger partial charge in [0.15, 0.2) is 9.84 Å². The van der Waals surface area contributed by atoms with Gasteiger partial charge < -0.3 is 5.32 Å². The van der Waals surface area contributed by atoms with Crippen LogP contribution < -0.4 is 5.32 Å². The third-order valence-corrected chi connectivity index (χ3v) is 9.04. The number of fused-ring (bicyclic) bond motifs is 1. The molecule has 1 aliphatic heterocycles. The monoisotopic (exact) mass is 459 g/mol. The number of para-hydroxylation sites is 1. The van der Waals surface area contributed by atoms with Gasteiger partial charge >= 0.3 is 0 Å². The Morgan fingerprint density at radius 1 is 1.13 bits per heavy atom. The van der Waals surface area contributed by atoms with Crippen molar-refractivity contribution in [3.05, 3.63) is 64.7 Å². The first-order valence-corrected chi connectivity index (χ1v) is 12.9. The number of sulfone groups is 1. The van der Waals surface area contributed by atoms with Crippen LogP contribution in [0, 0.1) is 5.41 Å². The van der Waals surface area contributed by atoms with Gasteiger partial charge in [0.1, 0.15) is 11.7 Å². The molecule has 0 bridgehead atoms. The molecule has 0 saturated heterocycles. The zero-order chi connectivity index (χ0) is 22.1. The van der Waals surface area contributed by atoms with Gasteiger partial charge in [-0.1, -0.05) is 41.9 Å². The molecule has 0 amide bonds. The molecule has 5 nitrogen and oxygen atoms in total. The maximum absolute atomic E-state index is 12.8. The van der Waals surface area contributed by atoms with Crippen LogP contribution in [0.4, 0.5) is 5.69 Å². The van der Waals surface area contributed by atoms with Gasteiger partial charge in [-0.15, -0.1) is 0 Å². The smallest absolute Gasteiger partial charge is 0.166 e. The molecule has 0 radical (unpaired) electrons. The van der Waals surface area contributed by atoms with Crippen LogP contribution in [0.15, 0.2) is 53.5 Å². The summed E-state index contributed by atoms with van der Waals surface area (Å²) in [7, 11) is 0.495. The largest absolute Gasteiger partial charge is 0.343 e. The molecule has 2 aliphatic rings. The number of hydrogen-bond donors (Lipinski definition) is 1. The second-order valence-electron chi connectivity index (χ2n) is 9.10. The minimum absolute atomic E-state index is 0.113. The summed E-state index contributed by atoms with van der Waals surface area (Å²) in [6.07, 6.45) is 3.89. The van der Waals surface area contributed by atoms with Gasteiger partial charge in [-0.25, -0.2) is 8.42 Å². The lowest BCUT2D eigenvalue weighted by Gasteiger charge is -2.44. The molecule has 1 spiro atoms. The number of nitrogens with zero attached hydrogens (tertiary/aromatic N) is 2. The van der Waals surface area contributed by atoms with Crippen LogP contribution >= 0.6 is 11.6 Å². The number of amidine groups is 1. The minimum atomic E-state index is -3.12. The van der Waals surface area contributed by atoms with Crippen LogP contribution in [0.2, 0.25) is 5.02 Å². The summed E-state index contributed by atoms with van der Waals surface area (Å²) in [6, 6.07) is 16.1. The van der Waals surface area contributed by atoms with Crippen LogP contribution in [0.25, 0.3) is 0 Å². The number of halogens is 1. The highest BCUT2D eigenvalue weighted by molar-refractivity contribution is 7.91. The molecular weight excluding hydrogens is 430 g/mol. The quantitative estimate of drug-likeness (QED) is 0.699. The molecule has 2 aromatic rings. The van der Waals surface area contributed by atoms with Crippen LogP contribution in [0.5, 0.6) is 0 Å². The Labute approximate surface area is 190 Å². The van der Waals surface area contributed by atoms with Crippen molar-refractivity contribution < 1.29 is 8.42 Å². The number of anilines is 1. The van der Waals surface area contributed by atoms with E-state index in [4.69, 9.17) is 16.6 Å². The molecule has 1 N–H and O–H groups in total. The van der Waals surface area contributed by atoms with Gasteiger partial charge in [0, 0.05) is 16.1 Å². The summed E-state index contributed by atoms with van der Waals surface area (Å²) >= 11 is 6.15. The van der Waals surface area contributed by atoms with E-state index in [2.05, 4.69) is 23.5 Å². The van der Waals surface area contributed by atoms with Gasteiger partial charge in [0.25, 0.3) is 0 Å². The molecule has 2 aromatic carbocycles. The van der Waals surface area contributed by atoms with Gasteiger partial charge in [-0.3, -0.25) is 9.89 Å². The average Bonchev–Trinajstić information content (AvgIpc) is 2.72. The van der Waals surface area contributed by atoms with Crippen molar-refractivity contribution in [2.45, 2.75) is 43.9 Å². The van der Waals surface area contributed by atoms with Crippen LogP contribution in [0.1, 0.15) is 36.8 Å². The second-order valence-corrected chi connectivity index (χ2v) is 11.8. The topological polar surface area (TPSA) is 61.8 Å². The highest BCUT2D eigenvalue weighted by Gasteiger charge is 2.45. The molecule has 31 heavy (non-hydrogen) atoms. The molecule has 1 aliphatic carbocycles. The first-order chi connectivity index (χ1) is 14.8. The lowest BCUT2D eigenvalue weighted by atomic mass is 9.67. The highest BCUT2D eigenvalue weighted by atomic mass is 35.5. The van der Waals surface area contributed by atoms with E-state index in [1.54, 1.807) is 4.90 Å². The van der Waals surface area contributed by atoms with E-state index < -0.39 is 9.84 Å². The van der Waals surface area contributed by atoms with E-state index in [9.17, 15) is 8.42 Å². The molecule has 0 unspecified atom stereocenters. The van der Waals surface area contributed by atoms with E-state index in [-0.39, 0.29) is 16.5 Å². The molecule has 4 rings (SSSR count). The molecule has 7 heteroatoms. The normalized spacial score (nSPS) is 24.9. The maximum Gasteiger partial charge on any atom is 0.166 e. The van der Waals surface area contributed by atoms with Crippen molar-refractivity contribution in [3.8, 4) is 0 Å². The summed E-state index contributed by atoms with van der Waals surface area (Å²) in [5.74, 6) is 1.09. The lowest BCUT2D eigenvalue weighted by molar-refractivity contribution is 0.278. The fourth-order valence-electron chi connectivity index (χ4n) is 4.90. The highest BCUT2D eigenvalue weighted by Crippen LogP contribution is 2.46. The first kappa shape index (κ1) is 22.3. The van der Waals surface area contributed by atoms with Crippen molar-refractivity contribution in [2.75, 3.05) is 25.3 Å². The van der Waals surface area contributed by atoms with Crippen molar-refractivity contribution in [2.24, 2.45) is 10.4 Å². The third kappa shape index (κ3) is 4.97. The zero-order valence-corrected chi connectivity index (χ0v) is 19.7. The molecular formula is C24H30ClN3O2S. The van der Waals surface area contributed by atoms with Crippen molar-refractivity contribution in [3.63, 3.8) is 0 Å². The number of rotatable bonds is 5. The molecule has 1 fully saturated rings. The van der Waals surface area contributed by atoms with Crippen molar-refractivity contribution in [1.82, 2.24) is 4.90 Å². The zero-order valence-electron chi connectivity index (χ0n) is 18.1. The van der Waals surface area contributed by atoms with Crippen LogP contribution in [-0.4, -0.2) is 44.4 Å². The van der Waals surface area contributed by atoms with E-state index in [1.165, 1.54) is 5.56 Å². The Kier molecular flexibility index (Phi) is 6.42. The summed E-state index contributed by atoms with van der Waals surface area (Å²) < 4.78 is 25.6. The Hall–Kier alpha value is -1.89. The Morgan fingerprint density at radius 3 is 2.58 bits per heavy atom. The summed E-state index contributed by atoms with van der Waals surface area (Å²) in [5, 5.41) is 4.03. The molecule has 166 valence electrons. The van der Waals surface area contributed by atoms with Gasteiger partial charge in [0.05, 0.1) is 11.8 Å². The number of hydrogen-bond acceptors (Lipinski definition) is 4. The van der Waals surface area contributed by atoms with E-state index in [0.29, 0.717) is 24.4 Å². The van der Waals surface area contributed by atoms with Gasteiger partial charge in [-0.2, -0.15) is 0 Å². The molecule has 1 saturated carbocycles. The number of aliphatic imine (C=N–C) groups is 1. The predicted octanol–water partition coefficient (Wildman–Crippen LogP) is 4.77. The lowest BCUT2D eigenvalue weighted by Crippen LogP contribution is -2.47. The fourth-order valence-corrected chi connectivity index (χ4v) is 7.00. The molecule has 0 atom stereocenters. The van der Waals surface area contributed by atoms with E-state index >= 15 is 0 Å².